The minimum Gasteiger partial charge on any atom is -0.341 e. The van der Waals surface area contributed by atoms with E-state index in [9.17, 15) is 9.59 Å². The molecule has 1 aliphatic heterocycles. The summed E-state index contributed by atoms with van der Waals surface area (Å²) in [7, 11) is 0. The number of nitrogens with zero attached hydrogens (tertiary/aromatic N) is 1. The molecule has 0 bridgehead atoms. The van der Waals surface area contributed by atoms with E-state index in [1.807, 2.05) is 18.7 Å². The molecule has 1 heterocycles. The number of carbonyl (C=O) groups is 2. The minimum atomic E-state index is -0.493. The van der Waals surface area contributed by atoms with E-state index in [0.29, 0.717) is 23.0 Å². The van der Waals surface area contributed by atoms with E-state index >= 15 is 0 Å². The van der Waals surface area contributed by atoms with E-state index in [4.69, 9.17) is 11.6 Å². The molecule has 1 aromatic carbocycles. The molecule has 0 saturated carbocycles. The minimum absolute atomic E-state index is 0.0115. The van der Waals surface area contributed by atoms with E-state index in [0.717, 1.165) is 25.9 Å². The highest BCUT2D eigenvalue weighted by atomic mass is 35.5. The first-order chi connectivity index (χ1) is 11.0. The Labute approximate surface area is 142 Å². The summed E-state index contributed by atoms with van der Waals surface area (Å²) in [6.07, 6.45) is 2.70. The van der Waals surface area contributed by atoms with Crippen molar-refractivity contribution >= 4 is 29.2 Å². The number of hydrogen-bond acceptors (Lipinski definition) is 2. The van der Waals surface area contributed by atoms with E-state index in [-0.39, 0.29) is 11.9 Å². The molecule has 6 heteroatoms. The van der Waals surface area contributed by atoms with Crippen molar-refractivity contribution in [2.45, 2.75) is 39.2 Å². The second-order valence-electron chi connectivity index (χ2n) is 6.32. The lowest BCUT2D eigenvalue weighted by Gasteiger charge is -2.25. The third-order valence-electron chi connectivity index (χ3n) is 3.81. The summed E-state index contributed by atoms with van der Waals surface area (Å²) in [5.41, 5.74) is 0.604. The first-order valence-electron chi connectivity index (χ1n) is 8.07. The SMILES string of the molecule is CC(C)C[C@H](NC(=O)Nc1cccc(Cl)c1)C(=O)N1CCCC1. The van der Waals surface area contributed by atoms with Gasteiger partial charge in [-0.05, 0) is 43.4 Å². The Bertz CT molecular complexity index is 557. The van der Waals surface area contributed by atoms with Crippen LogP contribution >= 0.6 is 11.6 Å². The van der Waals surface area contributed by atoms with Crippen molar-refractivity contribution in [2.75, 3.05) is 18.4 Å². The van der Waals surface area contributed by atoms with E-state index in [2.05, 4.69) is 10.6 Å². The molecule has 0 unspecified atom stereocenters. The van der Waals surface area contributed by atoms with Crippen LogP contribution in [-0.4, -0.2) is 36.0 Å². The fourth-order valence-corrected chi connectivity index (χ4v) is 2.93. The number of rotatable bonds is 5. The van der Waals surface area contributed by atoms with Crippen molar-refractivity contribution in [3.8, 4) is 0 Å². The lowest BCUT2D eigenvalue weighted by Crippen LogP contribution is -2.49. The van der Waals surface area contributed by atoms with Gasteiger partial charge in [0.2, 0.25) is 5.91 Å². The van der Waals surface area contributed by atoms with Crippen molar-refractivity contribution in [1.29, 1.82) is 0 Å². The maximum Gasteiger partial charge on any atom is 0.319 e. The second-order valence-corrected chi connectivity index (χ2v) is 6.76. The lowest BCUT2D eigenvalue weighted by atomic mass is 10.0. The lowest BCUT2D eigenvalue weighted by molar-refractivity contribution is -0.132. The zero-order valence-corrected chi connectivity index (χ0v) is 14.4. The monoisotopic (exact) mass is 337 g/mol. The zero-order valence-electron chi connectivity index (χ0n) is 13.6. The first kappa shape index (κ1) is 17.6. The molecule has 2 rings (SSSR count). The maximum atomic E-state index is 12.6. The standard InChI is InChI=1S/C17H24ClN3O2/c1-12(2)10-15(16(22)21-8-3-4-9-21)20-17(23)19-14-7-5-6-13(18)11-14/h5-7,11-12,15H,3-4,8-10H2,1-2H3,(H2,19,20,23)/t15-/m0/s1. The molecular formula is C17H24ClN3O2. The van der Waals surface area contributed by atoms with Gasteiger partial charge in [0.1, 0.15) is 6.04 Å². The van der Waals surface area contributed by atoms with Gasteiger partial charge in [-0.15, -0.1) is 0 Å². The normalized spacial score (nSPS) is 15.6. The quantitative estimate of drug-likeness (QED) is 0.863. The molecule has 1 fully saturated rings. The van der Waals surface area contributed by atoms with Crippen LogP contribution in [0.1, 0.15) is 33.1 Å². The predicted molar refractivity (Wildman–Crippen MR) is 92.7 cm³/mol. The first-order valence-corrected chi connectivity index (χ1v) is 8.45. The number of anilines is 1. The number of carbonyl (C=O) groups excluding carboxylic acids is 2. The zero-order chi connectivity index (χ0) is 16.8. The van der Waals surface area contributed by atoms with Gasteiger partial charge in [-0.25, -0.2) is 4.79 Å². The van der Waals surface area contributed by atoms with Crippen molar-refractivity contribution < 1.29 is 9.59 Å². The van der Waals surface area contributed by atoms with Crippen LogP contribution in [0, 0.1) is 5.92 Å². The number of urea groups is 1. The molecule has 1 saturated heterocycles. The van der Waals surface area contributed by atoms with Crippen LogP contribution in [0.4, 0.5) is 10.5 Å². The topological polar surface area (TPSA) is 61.4 Å². The molecule has 2 N–H and O–H groups in total. The van der Waals surface area contributed by atoms with Gasteiger partial charge >= 0.3 is 6.03 Å². The number of amides is 3. The molecule has 1 aromatic rings. The Kier molecular flexibility index (Phi) is 6.28. The summed E-state index contributed by atoms with van der Waals surface area (Å²) in [5, 5.41) is 6.09. The van der Waals surface area contributed by atoms with Gasteiger partial charge in [0.15, 0.2) is 0 Å². The maximum absolute atomic E-state index is 12.6. The third-order valence-corrected chi connectivity index (χ3v) is 4.05. The van der Waals surface area contributed by atoms with E-state index < -0.39 is 6.04 Å². The largest absolute Gasteiger partial charge is 0.341 e. The smallest absolute Gasteiger partial charge is 0.319 e. The Morgan fingerprint density at radius 3 is 2.57 bits per heavy atom. The van der Waals surface area contributed by atoms with Crippen LogP contribution in [0.5, 0.6) is 0 Å². The van der Waals surface area contributed by atoms with Gasteiger partial charge in [0, 0.05) is 23.8 Å². The molecule has 23 heavy (non-hydrogen) atoms. The third kappa shape index (κ3) is 5.43. The summed E-state index contributed by atoms with van der Waals surface area (Å²) < 4.78 is 0. The number of halogens is 1. The van der Waals surface area contributed by atoms with Crippen molar-refractivity contribution in [1.82, 2.24) is 10.2 Å². The van der Waals surface area contributed by atoms with Crippen molar-refractivity contribution in [3.63, 3.8) is 0 Å². The predicted octanol–water partition coefficient (Wildman–Crippen LogP) is 3.50. The molecule has 0 aliphatic carbocycles. The molecule has 0 spiro atoms. The van der Waals surface area contributed by atoms with Crippen LogP contribution in [0.2, 0.25) is 5.02 Å². The Balaban J connectivity index is 1.98. The summed E-state index contributed by atoms with van der Waals surface area (Å²) in [6.45, 7) is 5.65. The van der Waals surface area contributed by atoms with E-state index in [1.54, 1.807) is 24.3 Å². The Morgan fingerprint density at radius 1 is 1.26 bits per heavy atom. The van der Waals surface area contributed by atoms with Crippen LogP contribution < -0.4 is 10.6 Å². The van der Waals surface area contributed by atoms with Gasteiger partial charge in [0.05, 0.1) is 0 Å². The Morgan fingerprint density at radius 2 is 1.96 bits per heavy atom. The van der Waals surface area contributed by atoms with E-state index in [1.165, 1.54) is 0 Å². The summed E-state index contributed by atoms with van der Waals surface area (Å²) in [6, 6.07) is 6.05. The molecule has 0 aromatic heterocycles. The summed E-state index contributed by atoms with van der Waals surface area (Å²) in [5.74, 6) is 0.329. The highest BCUT2D eigenvalue weighted by Crippen LogP contribution is 2.16. The number of hydrogen-bond donors (Lipinski definition) is 2. The second kappa shape index (κ2) is 8.20. The summed E-state index contributed by atoms with van der Waals surface area (Å²) in [4.78, 5) is 26.6. The number of nitrogens with one attached hydrogen (secondary N) is 2. The van der Waals surface area contributed by atoms with Crippen LogP contribution in [-0.2, 0) is 4.79 Å². The summed E-state index contributed by atoms with van der Waals surface area (Å²) >= 11 is 5.91. The van der Waals surface area contributed by atoms with Crippen LogP contribution in [0.3, 0.4) is 0 Å². The molecule has 3 amide bonds. The number of benzene rings is 1. The Hall–Kier alpha value is -1.75. The van der Waals surface area contributed by atoms with Crippen molar-refractivity contribution in [2.24, 2.45) is 5.92 Å². The molecule has 126 valence electrons. The molecule has 5 nitrogen and oxygen atoms in total. The fourth-order valence-electron chi connectivity index (χ4n) is 2.74. The highest BCUT2D eigenvalue weighted by Gasteiger charge is 2.28. The molecule has 1 atom stereocenters. The van der Waals surface area contributed by atoms with Crippen LogP contribution in [0.25, 0.3) is 0 Å². The molecule has 1 aliphatic rings. The van der Waals surface area contributed by atoms with Gasteiger partial charge in [-0.2, -0.15) is 0 Å². The molecular weight excluding hydrogens is 314 g/mol. The van der Waals surface area contributed by atoms with Crippen molar-refractivity contribution in [3.05, 3.63) is 29.3 Å². The van der Waals surface area contributed by atoms with Gasteiger partial charge < -0.3 is 15.5 Å². The fraction of sp³-hybridized carbons (Fsp3) is 0.529. The number of likely N-dealkylation sites (tertiary alicyclic amines) is 1. The van der Waals surface area contributed by atoms with Gasteiger partial charge in [0.25, 0.3) is 0 Å². The van der Waals surface area contributed by atoms with Gasteiger partial charge in [-0.1, -0.05) is 31.5 Å². The van der Waals surface area contributed by atoms with Gasteiger partial charge in [-0.3, -0.25) is 4.79 Å². The highest BCUT2D eigenvalue weighted by molar-refractivity contribution is 6.30. The van der Waals surface area contributed by atoms with Crippen LogP contribution in [0.15, 0.2) is 24.3 Å². The average molecular weight is 338 g/mol. The average Bonchev–Trinajstić information content (AvgIpc) is 2.99. The molecule has 0 radical (unpaired) electrons.